The molecule has 0 radical (unpaired) electrons. The molecule has 0 saturated carbocycles. The van der Waals surface area contributed by atoms with Crippen LogP contribution < -0.4 is 15.8 Å². The van der Waals surface area contributed by atoms with Gasteiger partial charge in [-0.05, 0) is 6.92 Å². The van der Waals surface area contributed by atoms with Gasteiger partial charge in [-0.25, -0.2) is 4.98 Å². The Hall–Kier alpha value is -1.56. The number of aromatic nitrogens is 2. The van der Waals surface area contributed by atoms with E-state index in [4.69, 9.17) is 15.2 Å². The smallest absolute Gasteiger partial charge is 0.242 e. The summed E-state index contributed by atoms with van der Waals surface area (Å²) in [5, 5.41) is 2.88. The largest absolute Gasteiger partial charge is 0.474 e. The van der Waals surface area contributed by atoms with E-state index >= 15 is 0 Å². The maximum absolute atomic E-state index is 5.79. The van der Waals surface area contributed by atoms with Gasteiger partial charge in [-0.1, -0.05) is 0 Å². The average Bonchev–Trinajstić information content (AvgIpc) is 2.23. The Bertz CT molecular complexity index is 330. The Morgan fingerprint density at radius 1 is 1.33 bits per heavy atom. The van der Waals surface area contributed by atoms with Crippen LogP contribution in [0.25, 0.3) is 0 Å². The molecule has 1 rings (SSSR count). The van der Waals surface area contributed by atoms with E-state index < -0.39 is 0 Å². The normalized spacial score (nSPS) is 10.1. The van der Waals surface area contributed by atoms with Gasteiger partial charge in [-0.2, -0.15) is 4.98 Å². The minimum absolute atomic E-state index is 0.393. The van der Waals surface area contributed by atoms with Crippen molar-refractivity contribution in [2.45, 2.75) is 6.92 Å². The lowest BCUT2D eigenvalue weighted by atomic mass is 10.4. The molecule has 0 bridgehead atoms. The monoisotopic (exact) mass is 212 g/mol. The van der Waals surface area contributed by atoms with E-state index in [1.54, 1.807) is 21.1 Å². The van der Waals surface area contributed by atoms with Gasteiger partial charge < -0.3 is 20.5 Å². The standard InChI is InChI=1S/C9H16N4O2/c1-6-12-8(11-2)7(10)9(13-6)15-5-4-14-3/h4-5,10H2,1-3H3,(H,11,12,13). The highest BCUT2D eigenvalue weighted by molar-refractivity contribution is 5.66. The van der Waals surface area contributed by atoms with E-state index in [-0.39, 0.29) is 0 Å². The van der Waals surface area contributed by atoms with Gasteiger partial charge in [-0.15, -0.1) is 0 Å². The first kappa shape index (κ1) is 11.5. The summed E-state index contributed by atoms with van der Waals surface area (Å²) in [6, 6.07) is 0. The lowest BCUT2D eigenvalue weighted by molar-refractivity contribution is 0.144. The van der Waals surface area contributed by atoms with Crippen molar-refractivity contribution >= 4 is 11.5 Å². The number of nitrogens with zero attached hydrogens (tertiary/aromatic N) is 2. The molecular formula is C9H16N4O2. The van der Waals surface area contributed by atoms with Gasteiger partial charge in [-0.3, -0.25) is 0 Å². The Kier molecular flexibility index (Phi) is 4.11. The number of hydrogen-bond acceptors (Lipinski definition) is 6. The van der Waals surface area contributed by atoms with Crippen LogP contribution in [0.2, 0.25) is 0 Å². The number of aryl methyl sites for hydroxylation is 1. The Morgan fingerprint density at radius 3 is 2.67 bits per heavy atom. The molecule has 0 aromatic carbocycles. The van der Waals surface area contributed by atoms with E-state index in [1.165, 1.54) is 0 Å². The molecule has 0 aliphatic carbocycles. The minimum Gasteiger partial charge on any atom is -0.474 e. The molecule has 0 spiro atoms. The van der Waals surface area contributed by atoms with Crippen LogP contribution in [0.5, 0.6) is 5.88 Å². The lowest BCUT2D eigenvalue weighted by Gasteiger charge is -2.10. The second-order valence-electron chi connectivity index (χ2n) is 2.93. The van der Waals surface area contributed by atoms with Gasteiger partial charge in [0.1, 0.15) is 18.1 Å². The fourth-order valence-corrected chi connectivity index (χ4v) is 1.08. The van der Waals surface area contributed by atoms with Gasteiger partial charge in [0.25, 0.3) is 0 Å². The van der Waals surface area contributed by atoms with Crippen molar-refractivity contribution in [1.82, 2.24) is 9.97 Å². The van der Waals surface area contributed by atoms with Crippen LogP contribution in [0.1, 0.15) is 5.82 Å². The van der Waals surface area contributed by atoms with E-state index in [0.717, 1.165) is 0 Å². The number of methoxy groups -OCH3 is 1. The van der Waals surface area contributed by atoms with Gasteiger partial charge in [0.05, 0.1) is 6.61 Å². The molecule has 0 atom stereocenters. The molecule has 15 heavy (non-hydrogen) atoms. The molecule has 6 nitrogen and oxygen atoms in total. The highest BCUT2D eigenvalue weighted by Gasteiger charge is 2.09. The zero-order valence-corrected chi connectivity index (χ0v) is 9.20. The molecule has 0 fully saturated rings. The predicted octanol–water partition coefficient (Wildman–Crippen LogP) is 0.434. The fraction of sp³-hybridized carbons (Fsp3) is 0.556. The van der Waals surface area contributed by atoms with E-state index in [9.17, 15) is 0 Å². The molecule has 0 unspecified atom stereocenters. The first-order valence-corrected chi connectivity index (χ1v) is 4.62. The van der Waals surface area contributed by atoms with Crippen LogP contribution >= 0.6 is 0 Å². The van der Waals surface area contributed by atoms with Crippen LogP contribution in [-0.4, -0.2) is 37.3 Å². The van der Waals surface area contributed by atoms with Crippen LogP contribution in [-0.2, 0) is 4.74 Å². The van der Waals surface area contributed by atoms with Crippen LogP contribution in [0.15, 0.2) is 0 Å². The van der Waals surface area contributed by atoms with Crippen molar-refractivity contribution in [1.29, 1.82) is 0 Å². The number of rotatable bonds is 5. The molecule has 0 aliphatic rings. The van der Waals surface area contributed by atoms with Crippen molar-refractivity contribution in [2.75, 3.05) is 38.4 Å². The first-order valence-electron chi connectivity index (χ1n) is 4.62. The summed E-state index contributed by atoms with van der Waals surface area (Å²) in [5.41, 5.74) is 6.21. The van der Waals surface area contributed by atoms with Crippen molar-refractivity contribution in [2.24, 2.45) is 0 Å². The first-order chi connectivity index (χ1) is 7.19. The third-order valence-electron chi connectivity index (χ3n) is 1.79. The summed E-state index contributed by atoms with van der Waals surface area (Å²) >= 11 is 0. The number of hydrogen-bond donors (Lipinski definition) is 2. The van der Waals surface area contributed by atoms with E-state index in [2.05, 4.69) is 15.3 Å². The van der Waals surface area contributed by atoms with Crippen LogP contribution in [0, 0.1) is 6.92 Å². The Morgan fingerprint density at radius 2 is 2.07 bits per heavy atom. The molecule has 3 N–H and O–H groups in total. The highest BCUT2D eigenvalue weighted by Crippen LogP contribution is 2.25. The maximum atomic E-state index is 5.79. The Labute approximate surface area is 88.8 Å². The van der Waals surface area contributed by atoms with Crippen molar-refractivity contribution in [3.05, 3.63) is 5.82 Å². The summed E-state index contributed by atoms with van der Waals surface area (Å²) in [5.74, 6) is 1.58. The van der Waals surface area contributed by atoms with Gasteiger partial charge in [0, 0.05) is 14.2 Å². The van der Waals surface area contributed by atoms with E-state index in [0.29, 0.717) is 36.4 Å². The number of anilines is 2. The molecular weight excluding hydrogens is 196 g/mol. The lowest BCUT2D eigenvalue weighted by Crippen LogP contribution is -2.10. The number of nitrogens with one attached hydrogen (secondary N) is 1. The zero-order chi connectivity index (χ0) is 11.3. The topological polar surface area (TPSA) is 82.3 Å². The maximum Gasteiger partial charge on any atom is 0.242 e. The van der Waals surface area contributed by atoms with E-state index in [1.807, 2.05) is 0 Å². The summed E-state index contributed by atoms with van der Waals surface area (Å²) in [6.45, 7) is 2.70. The van der Waals surface area contributed by atoms with Crippen molar-refractivity contribution in [3.63, 3.8) is 0 Å². The molecule has 1 aromatic heterocycles. The zero-order valence-electron chi connectivity index (χ0n) is 9.20. The molecule has 84 valence electrons. The minimum atomic E-state index is 0.393. The second kappa shape index (κ2) is 5.35. The second-order valence-corrected chi connectivity index (χ2v) is 2.93. The number of nitrogen functional groups attached to an aromatic ring is 1. The summed E-state index contributed by atoms with van der Waals surface area (Å²) in [6.07, 6.45) is 0. The van der Waals surface area contributed by atoms with Gasteiger partial charge >= 0.3 is 0 Å². The van der Waals surface area contributed by atoms with Crippen molar-refractivity contribution in [3.8, 4) is 5.88 Å². The summed E-state index contributed by atoms with van der Waals surface area (Å²) in [4.78, 5) is 8.22. The number of nitrogens with two attached hydrogens (primary N) is 1. The summed E-state index contributed by atoms with van der Waals surface area (Å²) < 4.78 is 10.2. The fourth-order valence-electron chi connectivity index (χ4n) is 1.08. The van der Waals surface area contributed by atoms with Gasteiger partial charge in [0.2, 0.25) is 5.88 Å². The molecule has 6 heteroatoms. The highest BCUT2D eigenvalue weighted by atomic mass is 16.5. The van der Waals surface area contributed by atoms with Crippen LogP contribution in [0.4, 0.5) is 11.5 Å². The molecule has 1 aromatic rings. The SMILES string of the molecule is CNc1nc(C)nc(OCCOC)c1N. The Balaban J connectivity index is 2.81. The molecule has 0 saturated heterocycles. The van der Waals surface area contributed by atoms with Crippen LogP contribution in [0.3, 0.4) is 0 Å². The van der Waals surface area contributed by atoms with Gasteiger partial charge in [0.15, 0.2) is 5.82 Å². The molecule has 0 aliphatic heterocycles. The molecule has 0 amide bonds. The third kappa shape index (κ3) is 2.95. The molecule has 1 heterocycles. The predicted molar refractivity (Wildman–Crippen MR) is 58.1 cm³/mol. The third-order valence-corrected chi connectivity index (χ3v) is 1.79. The average molecular weight is 212 g/mol. The summed E-state index contributed by atoms with van der Waals surface area (Å²) in [7, 11) is 3.36. The van der Waals surface area contributed by atoms with Crippen molar-refractivity contribution < 1.29 is 9.47 Å². The number of ether oxygens (including phenoxy) is 2. The quantitative estimate of drug-likeness (QED) is 0.689.